The van der Waals surface area contributed by atoms with Crippen LogP contribution in [-0.4, -0.2) is 37.9 Å². The molecule has 0 aliphatic carbocycles. The summed E-state index contributed by atoms with van der Waals surface area (Å²) >= 11 is 3.00. The normalized spacial score (nSPS) is 11.7. The molecular formula is C20H22BrF3N2O2. The second-order valence-corrected chi connectivity index (χ2v) is 7.38. The number of nitrogens with two attached hydrogens (primary N) is 1. The summed E-state index contributed by atoms with van der Waals surface area (Å²) in [5.74, 6) is 0.400. The Morgan fingerprint density at radius 1 is 1.21 bits per heavy atom. The number of benzene rings is 2. The largest absolute Gasteiger partial charge is 0.497 e. The van der Waals surface area contributed by atoms with Crippen LogP contribution in [-0.2, 0) is 12.6 Å². The lowest BCUT2D eigenvalue weighted by atomic mass is 10.0. The van der Waals surface area contributed by atoms with Crippen molar-refractivity contribution in [1.29, 1.82) is 0 Å². The van der Waals surface area contributed by atoms with Crippen molar-refractivity contribution < 1.29 is 22.7 Å². The van der Waals surface area contributed by atoms with E-state index in [2.05, 4.69) is 15.9 Å². The molecule has 0 aliphatic heterocycles. The Balaban J connectivity index is 1.93. The molecule has 0 heterocycles. The van der Waals surface area contributed by atoms with Crippen LogP contribution in [0.3, 0.4) is 0 Å². The van der Waals surface area contributed by atoms with Crippen molar-refractivity contribution in [3.63, 3.8) is 0 Å². The lowest BCUT2D eigenvalue weighted by molar-refractivity contribution is -0.136. The maximum atomic E-state index is 13.1. The van der Waals surface area contributed by atoms with Gasteiger partial charge in [0.15, 0.2) is 5.78 Å². The number of aryl methyl sites for hydroxylation is 1. The van der Waals surface area contributed by atoms with Crippen LogP contribution in [0, 0.1) is 0 Å². The number of carbonyl (C=O) groups excluding carboxylic acids is 1. The van der Waals surface area contributed by atoms with E-state index in [4.69, 9.17) is 10.5 Å². The highest BCUT2D eigenvalue weighted by atomic mass is 79.9. The molecule has 152 valence electrons. The van der Waals surface area contributed by atoms with Crippen molar-refractivity contribution >= 4 is 27.4 Å². The highest BCUT2D eigenvalue weighted by molar-refractivity contribution is 9.10. The second kappa shape index (κ2) is 9.43. The summed E-state index contributed by atoms with van der Waals surface area (Å²) in [5, 5.41) is 0. The number of anilines is 1. The van der Waals surface area contributed by atoms with Gasteiger partial charge in [-0.05, 0) is 72.2 Å². The third kappa shape index (κ3) is 5.97. The predicted molar refractivity (Wildman–Crippen MR) is 107 cm³/mol. The fraction of sp³-hybridized carbons (Fsp3) is 0.350. The molecule has 0 atom stereocenters. The van der Waals surface area contributed by atoms with Gasteiger partial charge in [0, 0.05) is 10.0 Å². The fourth-order valence-corrected chi connectivity index (χ4v) is 3.23. The minimum atomic E-state index is -4.62. The molecule has 0 aromatic heterocycles. The first kappa shape index (κ1) is 22.2. The number of likely N-dealkylation sites (N-methyl/N-ethyl adjacent to an activating group) is 1. The van der Waals surface area contributed by atoms with Crippen LogP contribution in [0.25, 0.3) is 0 Å². The molecule has 28 heavy (non-hydrogen) atoms. The lowest BCUT2D eigenvalue weighted by Gasteiger charge is -2.17. The quantitative estimate of drug-likeness (QED) is 0.455. The van der Waals surface area contributed by atoms with Gasteiger partial charge >= 0.3 is 6.18 Å². The van der Waals surface area contributed by atoms with Gasteiger partial charge in [-0.25, -0.2) is 0 Å². The van der Waals surface area contributed by atoms with Crippen LogP contribution in [0.5, 0.6) is 5.75 Å². The topological polar surface area (TPSA) is 55.6 Å². The van der Waals surface area contributed by atoms with E-state index < -0.39 is 23.2 Å². The van der Waals surface area contributed by atoms with Crippen LogP contribution in [0.2, 0.25) is 0 Å². The molecule has 0 saturated carbocycles. The molecule has 0 saturated heterocycles. The van der Waals surface area contributed by atoms with Crippen LogP contribution in [0.15, 0.2) is 40.9 Å². The van der Waals surface area contributed by atoms with Crippen molar-refractivity contribution in [1.82, 2.24) is 4.90 Å². The van der Waals surface area contributed by atoms with Gasteiger partial charge in [0.05, 0.1) is 24.9 Å². The number of hydrogen-bond acceptors (Lipinski definition) is 4. The fourth-order valence-electron chi connectivity index (χ4n) is 2.77. The number of hydrogen-bond donors (Lipinski definition) is 1. The average Bonchev–Trinajstić information content (AvgIpc) is 2.63. The lowest BCUT2D eigenvalue weighted by Crippen LogP contribution is -2.27. The number of methoxy groups -OCH3 is 1. The number of ether oxygens (including phenoxy) is 1. The monoisotopic (exact) mass is 458 g/mol. The predicted octanol–water partition coefficient (Wildman–Crippen LogP) is 4.81. The summed E-state index contributed by atoms with van der Waals surface area (Å²) in [4.78, 5) is 14.2. The molecule has 2 aromatic carbocycles. The maximum absolute atomic E-state index is 13.1. The standard InChI is InChI=1S/C20H22BrF3N2O2/c1-26(9-3-4-13-5-7-15(28-2)8-6-13)12-18(27)14-10-16(20(22,23)24)19(25)17(21)11-14/h5-8,10-11H,3-4,9,12,25H2,1-2H3. The molecular weight excluding hydrogens is 437 g/mol. The van der Waals surface area contributed by atoms with Crippen molar-refractivity contribution in [3.05, 3.63) is 57.6 Å². The first-order valence-corrected chi connectivity index (χ1v) is 9.42. The van der Waals surface area contributed by atoms with Gasteiger partial charge < -0.3 is 10.5 Å². The number of halogens is 4. The molecule has 2 rings (SSSR count). The van der Waals surface area contributed by atoms with Crippen LogP contribution >= 0.6 is 15.9 Å². The Morgan fingerprint density at radius 3 is 2.43 bits per heavy atom. The van der Waals surface area contributed by atoms with Gasteiger partial charge in [0.1, 0.15) is 5.75 Å². The van der Waals surface area contributed by atoms with Gasteiger partial charge in [-0.15, -0.1) is 0 Å². The number of Topliss-reactive ketones (excluding diaryl/α,β-unsaturated/α-hetero) is 1. The minimum Gasteiger partial charge on any atom is -0.497 e. The van der Waals surface area contributed by atoms with E-state index in [1.165, 1.54) is 6.07 Å². The molecule has 0 aliphatic rings. The third-order valence-electron chi connectivity index (χ3n) is 4.33. The molecule has 0 fully saturated rings. The summed E-state index contributed by atoms with van der Waals surface area (Å²) in [7, 11) is 3.38. The molecule has 4 nitrogen and oxygen atoms in total. The van der Waals surface area contributed by atoms with E-state index >= 15 is 0 Å². The number of ketones is 1. The third-order valence-corrected chi connectivity index (χ3v) is 4.99. The Morgan fingerprint density at radius 2 is 1.86 bits per heavy atom. The Labute approximate surface area is 170 Å². The van der Waals surface area contributed by atoms with Gasteiger partial charge in [-0.1, -0.05) is 12.1 Å². The van der Waals surface area contributed by atoms with E-state index in [0.29, 0.717) is 6.54 Å². The van der Waals surface area contributed by atoms with E-state index in [-0.39, 0.29) is 16.6 Å². The minimum absolute atomic E-state index is 0.0181. The first-order chi connectivity index (χ1) is 13.1. The number of nitrogen functional groups attached to an aromatic ring is 1. The average molecular weight is 459 g/mol. The summed E-state index contributed by atoms with van der Waals surface area (Å²) in [5.41, 5.74) is 5.19. The highest BCUT2D eigenvalue weighted by Crippen LogP contribution is 2.38. The molecule has 8 heteroatoms. The van der Waals surface area contributed by atoms with E-state index in [0.717, 1.165) is 30.2 Å². The first-order valence-electron chi connectivity index (χ1n) is 8.62. The summed E-state index contributed by atoms with van der Waals surface area (Å²) in [6.07, 6.45) is -2.98. The molecule has 0 unspecified atom stereocenters. The van der Waals surface area contributed by atoms with Crippen molar-refractivity contribution in [3.8, 4) is 5.75 Å². The zero-order valence-electron chi connectivity index (χ0n) is 15.6. The van der Waals surface area contributed by atoms with Gasteiger partial charge in [-0.2, -0.15) is 13.2 Å². The molecule has 2 aromatic rings. The highest BCUT2D eigenvalue weighted by Gasteiger charge is 2.34. The molecule has 2 N–H and O–H groups in total. The van der Waals surface area contributed by atoms with E-state index in [1.54, 1.807) is 19.1 Å². The number of rotatable bonds is 8. The Hall–Kier alpha value is -2.06. The summed E-state index contributed by atoms with van der Waals surface area (Å²) < 4.78 is 44.4. The number of carbonyl (C=O) groups is 1. The smallest absolute Gasteiger partial charge is 0.418 e. The van der Waals surface area contributed by atoms with Crippen molar-refractivity contribution in [2.45, 2.75) is 19.0 Å². The summed E-state index contributed by atoms with van der Waals surface area (Å²) in [6.45, 7) is 0.663. The van der Waals surface area contributed by atoms with E-state index in [9.17, 15) is 18.0 Å². The van der Waals surface area contributed by atoms with Crippen molar-refractivity contribution in [2.24, 2.45) is 0 Å². The van der Waals surface area contributed by atoms with Crippen LogP contribution in [0.4, 0.5) is 18.9 Å². The Bertz CT molecular complexity index is 823. The Kier molecular flexibility index (Phi) is 7.48. The van der Waals surface area contributed by atoms with Crippen LogP contribution < -0.4 is 10.5 Å². The zero-order chi connectivity index (χ0) is 20.9. The van der Waals surface area contributed by atoms with Gasteiger partial charge in [0.2, 0.25) is 0 Å². The number of nitrogens with zero attached hydrogens (tertiary/aromatic N) is 1. The van der Waals surface area contributed by atoms with Crippen LogP contribution in [0.1, 0.15) is 27.9 Å². The molecule has 0 bridgehead atoms. The van der Waals surface area contributed by atoms with Gasteiger partial charge in [0.25, 0.3) is 0 Å². The van der Waals surface area contributed by atoms with E-state index in [1.807, 2.05) is 24.3 Å². The maximum Gasteiger partial charge on any atom is 0.418 e. The van der Waals surface area contributed by atoms with Crippen molar-refractivity contribution in [2.75, 3.05) is 33.0 Å². The summed E-state index contributed by atoms with van der Waals surface area (Å²) in [6, 6.07) is 9.88. The number of alkyl halides is 3. The molecule has 0 spiro atoms. The SMILES string of the molecule is COc1ccc(CCCN(C)CC(=O)c2cc(Br)c(N)c(C(F)(F)F)c2)cc1. The second-order valence-electron chi connectivity index (χ2n) is 6.53. The zero-order valence-corrected chi connectivity index (χ0v) is 17.2. The molecule has 0 amide bonds. The molecule has 0 radical (unpaired) electrons. The van der Waals surface area contributed by atoms with Gasteiger partial charge in [-0.3, -0.25) is 9.69 Å².